The highest BCUT2D eigenvalue weighted by molar-refractivity contribution is 7.85. The Bertz CT molecular complexity index is 209. The zero-order chi connectivity index (χ0) is 10.9. The second-order valence-electron chi connectivity index (χ2n) is 3.54. The van der Waals surface area contributed by atoms with Crippen LogP contribution in [-0.4, -0.2) is 18.7 Å². The van der Waals surface area contributed by atoms with Crippen molar-refractivity contribution in [2.45, 2.75) is 51.9 Å². The van der Waals surface area contributed by atoms with Crippen molar-refractivity contribution in [2.75, 3.05) is 5.75 Å². The first-order valence-corrected chi connectivity index (χ1v) is 6.94. The fourth-order valence-electron chi connectivity index (χ4n) is 1.31. The quantitative estimate of drug-likeness (QED) is 0.481. The minimum Gasteiger partial charge on any atom is -0.286 e. The van der Waals surface area contributed by atoms with Crippen LogP contribution in [0.25, 0.3) is 0 Å². The van der Waals surface area contributed by atoms with Crippen LogP contribution in [0.4, 0.5) is 0 Å². The predicted octanol–water partition coefficient (Wildman–Crippen LogP) is 2.83. The molecule has 1 radical (unpaired) electrons. The van der Waals surface area contributed by atoms with Gasteiger partial charge in [0.05, 0.1) is 5.75 Å². The van der Waals surface area contributed by atoms with E-state index < -0.39 is 10.1 Å². The summed E-state index contributed by atoms with van der Waals surface area (Å²) in [5.74, 6) is -0.0892. The average molecular weight is 221 g/mol. The van der Waals surface area contributed by atoms with Gasteiger partial charge >= 0.3 is 0 Å². The summed E-state index contributed by atoms with van der Waals surface area (Å²) in [6.07, 6.45) is 9.44. The lowest BCUT2D eigenvalue weighted by Crippen LogP contribution is -2.03. The van der Waals surface area contributed by atoms with Crippen LogP contribution >= 0.6 is 0 Å². The van der Waals surface area contributed by atoms with E-state index in [0.717, 1.165) is 32.1 Å². The molecule has 0 aromatic carbocycles. The van der Waals surface area contributed by atoms with Gasteiger partial charge < -0.3 is 0 Å². The summed E-state index contributed by atoms with van der Waals surface area (Å²) in [6, 6.07) is 0. The monoisotopic (exact) mass is 221 g/mol. The predicted molar refractivity (Wildman–Crippen MR) is 58.7 cm³/mol. The zero-order valence-electron chi connectivity index (χ0n) is 8.91. The topological polar surface area (TPSA) is 54.4 Å². The van der Waals surface area contributed by atoms with Gasteiger partial charge in [-0.05, 0) is 12.8 Å². The van der Waals surface area contributed by atoms with Crippen LogP contribution in [0.1, 0.15) is 51.9 Å². The van der Waals surface area contributed by atoms with Gasteiger partial charge in [-0.1, -0.05) is 45.4 Å². The van der Waals surface area contributed by atoms with Crippen molar-refractivity contribution < 1.29 is 13.0 Å². The Labute approximate surface area is 87.7 Å². The summed E-state index contributed by atoms with van der Waals surface area (Å²) in [5, 5.41) is 0. The Kier molecular flexibility index (Phi) is 8.18. The third-order valence-electron chi connectivity index (χ3n) is 2.10. The molecule has 3 nitrogen and oxygen atoms in total. The third kappa shape index (κ3) is 11.9. The van der Waals surface area contributed by atoms with Gasteiger partial charge in [0.2, 0.25) is 0 Å². The van der Waals surface area contributed by atoms with E-state index in [1.54, 1.807) is 0 Å². The number of hydrogen-bond donors (Lipinski definition) is 1. The van der Waals surface area contributed by atoms with E-state index in [0.29, 0.717) is 6.42 Å². The molecule has 0 heterocycles. The van der Waals surface area contributed by atoms with Crippen molar-refractivity contribution >= 4 is 10.1 Å². The van der Waals surface area contributed by atoms with Crippen LogP contribution in [0.5, 0.6) is 0 Å². The molecule has 0 aliphatic carbocycles. The van der Waals surface area contributed by atoms with Crippen molar-refractivity contribution in [1.29, 1.82) is 0 Å². The van der Waals surface area contributed by atoms with Crippen LogP contribution in [0.3, 0.4) is 0 Å². The highest BCUT2D eigenvalue weighted by atomic mass is 32.2. The Balaban J connectivity index is 3.07. The first-order valence-electron chi connectivity index (χ1n) is 5.33. The Morgan fingerprint density at radius 1 is 1.07 bits per heavy atom. The molecule has 0 saturated heterocycles. The highest BCUT2D eigenvalue weighted by Gasteiger charge is 2.02. The summed E-state index contributed by atoms with van der Waals surface area (Å²) >= 11 is 0. The molecule has 14 heavy (non-hydrogen) atoms. The van der Waals surface area contributed by atoms with E-state index in [2.05, 4.69) is 13.3 Å². The lowest BCUT2D eigenvalue weighted by Gasteiger charge is -2.00. The summed E-state index contributed by atoms with van der Waals surface area (Å²) in [6.45, 7) is 2.13. The number of rotatable bonds is 9. The minimum absolute atomic E-state index is 0.0892. The molecule has 0 unspecified atom stereocenters. The number of unbranched alkanes of at least 4 members (excludes halogenated alkanes) is 7. The van der Waals surface area contributed by atoms with Gasteiger partial charge in [0.15, 0.2) is 0 Å². The maximum absolute atomic E-state index is 10.4. The van der Waals surface area contributed by atoms with E-state index in [1.807, 2.05) is 0 Å². The minimum atomic E-state index is -3.73. The second kappa shape index (κ2) is 8.24. The van der Waals surface area contributed by atoms with E-state index in [4.69, 9.17) is 4.55 Å². The van der Waals surface area contributed by atoms with Crippen molar-refractivity contribution in [3.05, 3.63) is 6.42 Å². The van der Waals surface area contributed by atoms with Crippen LogP contribution in [0.15, 0.2) is 0 Å². The molecule has 0 spiro atoms. The number of hydrogen-bond acceptors (Lipinski definition) is 2. The van der Waals surface area contributed by atoms with Gasteiger partial charge in [-0.2, -0.15) is 8.42 Å². The van der Waals surface area contributed by atoms with E-state index in [1.165, 1.54) is 6.42 Å². The zero-order valence-corrected chi connectivity index (χ0v) is 9.72. The first kappa shape index (κ1) is 13.9. The van der Waals surface area contributed by atoms with Gasteiger partial charge in [-0.25, -0.2) is 0 Å². The molecule has 0 aliphatic rings. The van der Waals surface area contributed by atoms with Crippen LogP contribution in [0, 0.1) is 6.42 Å². The maximum atomic E-state index is 10.4. The lowest BCUT2D eigenvalue weighted by molar-refractivity contribution is 0.478. The molecular weight excluding hydrogens is 200 g/mol. The lowest BCUT2D eigenvalue weighted by atomic mass is 10.1. The molecule has 0 bridgehead atoms. The van der Waals surface area contributed by atoms with Crippen LogP contribution in [0.2, 0.25) is 0 Å². The molecule has 0 aromatic rings. The van der Waals surface area contributed by atoms with Crippen molar-refractivity contribution in [2.24, 2.45) is 0 Å². The van der Waals surface area contributed by atoms with Crippen molar-refractivity contribution in [3.63, 3.8) is 0 Å². The summed E-state index contributed by atoms with van der Waals surface area (Å²) in [4.78, 5) is 0. The normalized spacial score (nSPS) is 11.9. The first-order chi connectivity index (χ1) is 6.56. The molecule has 1 N–H and O–H groups in total. The van der Waals surface area contributed by atoms with E-state index in [-0.39, 0.29) is 5.75 Å². The molecule has 0 aromatic heterocycles. The van der Waals surface area contributed by atoms with Crippen LogP contribution in [-0.2, 0) is 10.1 Å². The third-order valence-corrected chi connectivity index (χ3v) is 2.90. The van der Waals surface area contributed by atoms with Crippen molar-refractivity contribution in [3.8, 4) is 0 Å². The Hall–Kier alpha value is -0.0900. The highest BCUT2D eigenvalue weighted by Crippen LogP contribution is 2.08. The Morgan fingerprint density at radius 2 is 1.64 bits per heavy atom. The van der Waals surface area contributed by atoms with E-state index >= 15 is 0 Å². The fourth-order valence-corrected chi connectivity index (χ4v) is 1.88. The van der Waals surface area contributed by atoms with Gasteiger partial charge in [0.1, 0.15) is 0 Å². The molecule has 85 valence electrons. The summed E-state index contributed by atoms with van der Waals surface area (Å²) < 4.78 is 29.2. The van der Waals surface area contributed by atoms with Crippen molar-refractivity contribution in [1.82, 2.24) is 0 Å². The second-order valence-corrected chi connectivity index (χ2v) is 5.11. The summed E-state index contributed by atoms with van der Waals surface area (Å²) in [7, 11) is -3.73. The molecule has 4 heteroatoms. The van der Waals surface area contributed by atoms with Crippen LogP contribution < -0.4 is 0 Å². The molecular formula is C10H21O3S. The largest absolute Gasteiger partial charge is 0.286 e. The standard InChI is InChI=1S/C10H21O3S/c1-2-3-4-5-6-7-8-9-10-14(11,12)13/h3H,2,4-10H2,1H3,(H,11,12,13). The van der Waals surface area contributed by atoms with Gasteiger partial charge in [0.25, 0.3) is 10.1 Å². The molecule has 0 atom stereocenters. The SMILES string of the molecule is CC[CH]CCCCCCCS(=O)(=O)O. The van der Waals surface area contributed by atoms with Gasteiger partial charge in [-0.3, -0.25) is 4.55 Å². The molecule has 0 rings (SSSR count). The van der Waals surface area contributed by atoms with Gasteiger partial charge in [0, 0.05) is 0 Å². The van der Waals surface area contributed by atoms with E-state index in [9.17, 15) is 8.42 Å². The fraction of sp³-hybridized carbons (Fsp3) is 0.900. The van der Waals surface area contributed by atoms with Gasteiger partial charge in [-0.15, -0.1) is 0 Å². The average Bonchev–Trinajstić information content (AvgIpc) is 2.08. The molecule has 0 aliphatic heterocycles. The molecule has 0 fully saturated rings. The smallest absolute Gasteiger partial charge is 0.264 e. The molecule has 0 amide bonds. The summed E-state index contributed by atoms with van der Waals surface area (Å²) in [5.41, 5.74) is 0. The Morgan fingerprint density at radius 3 is 2.21 bits per heavy atom. The molecule has 0 saturated carbocycles. The maximum Gasteiger partial charge on any atom is 0.264 e.